The molecule has 4 unspecified atom stereocenters. The van der Waals surface area contributed by atoms with Crippen molar-refractivity contribution in [2.45, 2.75) is 74.1 Å². The maximum Gasteiger partial charge on any atom is 0.472 e. The van der Waals surface area contributed by atoms with Gasteiger partial charge in [-0.25, -0.2) is 4.57 Å². The number of rotatable bonds is 2. The molecule has 0 radical (unpaired) electrons. The van der Waals surface area contributed by atoms with Crippen LogP contribution < -0.4 is 0 Å². The van der Waals surface area contributed by atoms with Crippen LogP contribution in [-0.4, -0.2) is 18.1 Å². The Morgan fingerprint density at radius 1 is 1.26 bits per heavy atom. The van der Waals surface area contributed by atoms with E-state index in [2.05, 4.69) is 48.5 Å². The molecule has 1 aliphatic rings. The van der Waals surface area contributed by atoms with Gasteiger partial charge in [0.1, 0.15) is 0 Å². The maximum absolute atomic E-state index is 12.1. The second-order valence-electron chi connectivity index (χ2n) is 9.59. The van der Waals surface area contributed by atoms with Gasteiger partial charge in [-0.1, -0.05) is 54.9 Å². The van der Waals surface area contributed by atoms with E-state index in [9.17, 15) is 9.46 Å². The molecule has 0 aromatic rings. The van der Waals surface area contributed by atoms with E-state index in [1.165, 1.54) is 0 Å². The second-order valence-corrected chi connectivity index (χ2v) is 11.0. The van der Waals surface area contributed by atoms with Gasteiger partial charge in [0.15, 0.2) is 0 Å². The molecule has 4 atom stereocenters. The zero-order valence-electron chi connectivity index (χ0n) is 16.1. The molecule has 4 nitrogen and oxygen atoms in total. The van der Waals surface area contributed by atoms with Gasteiger partial charge >= 0.3 is 7.82 Å². The van der Waals surface area contributed by atoms with Crippen LogP contribution in [0.25, 0.3) is 0 Å². The molecule has 1 N–H and O–H groups in total. The summed E-state index contributed by atoms with van der Waals surface area (Å²) in [5, 5.41) is 0. The highest BCUT2D eigenvalue weighted by Gasteiger charge is 2.32. The van der Waals surface area contributed by atoms with Gasteiger partial charge in [-0.3, -0.25) is 9.05 Å². The van der Waals surface area contributed by atoms with E-state index < -0.39 is 7.82 Å². The number of phosphoric ester groups is 1. The summed E-state index contributed by atoms with van der Waals surface area (Å²) in [6.45, 7) is 15.9. The summed E-state index contributed by atoms with van der Waals surface area (Å²) >= 11 is 0. The minimum Gasteiger partial charge on any atom is -0.302 e. The molecule has 1 fully saturated rings. The third-order valence-electron chi connectivity index (χ3n) is 4.74. The van der Waals surface area contributed by atoms with Crippen molar-refractivity contribution in [3.63, 3.8) is 0 Å². The van der Waals surface area contributed by atoms with Crippen molar-refractivity contribution in [1.29, 1.82) is 0 Å². The van der Waals surface area contributed by atoms with Gasteiger partial charge in [0, 0.05) is 0 Å². The Kier molecular flexibility index (Phi) is 7.35. The quantitative estimate of drug-likeness (QED) is 0.655. The number of phosphoric acid groups is 1. The van der Waals surface area contributed by atoms with Crippen LogP contribution in [0.4, 0.5) is 0 Å². The van der Waals surface area contributed by atoms with Crippen LogP contribution in [0.3, 0.4) is 0 Å². The fraction of sp³-hybridized carbons (Fsp3) is 1.00. The van der Waals surface area contributed by atoms with E-state index in [4.69, 9.17) is 9.05 Å². The summed E-state index contributed by atoms with van der Waals surface area (Å²) in [6, 6.07) is 0. The van der Waals surface area contributed by atoms with E-state index >= 15 is 0 Å². The molecule has 5 heteroatoms. The predicted molar refractivity (Wildman–Crippen MR) is 95.3 cm³/mol. The molecule has 0 amide bonds. The first-order valence-corrected chi connectivity index (χ1v) is 10.4. The van der Waals surface area contributed by atoms with Gasteiger partial charge in [0.2, 0.25) is 0 Å². The highest BCUT2D eigenvalue weighted by atomic mass is 31.2. The third-order valence-corrected chi connectivity index (χ3v) is 5.67. The van der Waals surface area contributed by atoms with E-state index in [-0.39, 0.29) is 17.4 Å². The summed E-state index contributed by atoms with van der Waals surface area (Å²) in [5.41, 5.74) is 0.136. The standard InChI is InChI=1S/C18H37O4P/c1-14-8-9-16(15(2)11-17(3,4)5)12-21-23(19,20)22-13-18(6,7)10-14/h14-16H,8-13H2,1-7H3,(H,19,20). The molecular weight excluding hydrogens is 311 g/mol. The van der Waals surface area contributed by atoms with Crippen molar-refractivity contribution < 1.29 is 18.5 Å². The molecule has 0 aromatic carbocycles. The van der Waals surface area contributed by atoms with Gasteiger partial charge in [0.05, 0.1) is 13.2 Å². The summed E-state index contributed by atoms with van der Waals surface area (Å²) in [4.78, 5) is 9.93. The molecule has 1 aliphatic heterocycles. The maximum atomic E-state index is 12.1. The Hall–Kier alpha value is 0.110. The lowest BCUT2D eigenvalue weighted by Crippen LogP contribution is -2.23. The predicted octanol–water partition coefficient (Wildman–Crippen LogP) is 5.65. The number of hydrogen-bond acceptors (Lipinski definition) is 3. The van der Waals surface area contributed by atoms with Crippen LogP contribution in [0.5, 0.6) is 0 Å². The summed E-state index contributed by atoms with van der Waals surface area (Å²) in [5.74, 6) is 1.33. The summed E-state index contributed by atoms with van der Waals surface area (Å²) in [6.07, 6.45) is 4.24. The topological polar surface area (TPSA) is 55.8 Å². The molecular formula is C18H37O4P. The smallest absolute Gasteiger partial charge is 0.302 e. The van der Waals surface area contributed by atoms with Crippen molar-refractivity contribution in [2.75, 3.05) is 13.2 Å². The molecule has 0 aromatic heterocycles. The minimum absolute atomic E-state index is 0.113. The molecule has 0 aliphatic carbocycles. The van der Waals surface area contributed by atoms with Gasteiger partial charge in [0.25, 0.3) is 0 Å². The molecule has 0 saturated carbocycles. The van der Waals surface area contributed by atoms with Gasteiger partial charge in [-0.2, -0.15) is 0 Å². The van der Waals surface area contributed by atoms with E-state index in [1.807, 2.05) is 0 Å². The van der Waals surface area contributed by atoms with Crippen LogP contribution >= 0.6 is 7.82 Å². The highest BCUT2D eigenvalue weighted by Crippen LogP contribution is 2.47. The average Bonchev–Trinajstić information content (AvgIpc) is 2.34. The first-order valence-electron chi connectivity index (χ1n) is 8.92. The van der Waals surface area contributed by atoms with Crippen LogP contribution in [0.15, 0.2) is 0 Å². The SMILES string of the molecule is CC1CCC(C(C)CC(C)(C)C)COP(=O)(O)OCC(C)(C)C1. The molecule has 1 heterocycles. The summed E-state index contributed by atoms with van der Waals surface area (Å²) in [7, 11) is -3.95. The monoisotopic (exact) mass is 348 g/mol. The van der Waals surface area contributed by atoms with E-state index in [0.717, 1.165) is 25.7 Å². The van der Waals surface area contributed by atoms with Gasteiger partial charge in [-0.05, 0) is 47.8 Å². The van der Waals surface area contributed by atoms with Crippen molar-refractivity contribution >= 4 is 7.82 Å². The fourth-order valence-electron chi connectivity index (χ4n) is 3.75. The van der Waals surface area contributed by atoms with Crippen molar-refractivity contribution in [1.82, 2.24) is 0 Å². The molecule has 0 spiro atoms. The molecule has 138 valence electrons. The Morgan fingerprint density at radius 2 is 1.87 bits per heavy atom. The third kappa shape index (κ3) is 8.67. The molecule has 23 heavy (non-hydrogen) atoms. The lowest BCUT2D eigenvalue weighted by Gasteiger charge is -2.30. The Morgan fingerprint density at radius 3 is 2.43 bits per heavy atom. The zero-order valence-corrected chi connectivity index (χ0v) is 17.0. The Balaban J connectivity index is 2.84. The Bertz CT molecular complexity index is 414. The second kappa shape index (κ2) is 7.99. The normalized spacial score (nSPS) is 35.3. The summed E-state index contributed by atoms with van der Waals surface area (Å²) < 4.78 is 22.7. The Labute approximate surface area is 143 Å². The van der Waals surface area contributed by atoms with Crippen LogP contribution in [0, 0.1) is 28.6 Å². The first kappa shape index (κ1) is 21.2. The zero-order chi connectivity index (χ0) is 17.9. The molecule has 1 saturated heterocycles. The molecule has 1 rings (SSSR count). The van der Waals surface area contributed by atoms with E-state index in [1.54, 1.807) is 0 Å². The van der Waals surface area contributed by atoms with E-state index in [0.29, 0.717) is 24.4 Å². The largest absolute Gasteiger partial charge is 0.472 e. The van der Waals surface area contributed by atoms with Crippen molar-refractivity contribution in [2.24, 2.45) is 28.6 Å². The fourth-order valence-corrected chi connectivity index (χ4v) is 4.72. The molecule has 0 bridgehead atoms. The van der Waals surface area contributed by atoms with Crippen LogP contribution in [0.1, 0.15) is 74.1 Å². The highest BCUT2D eigenvalue weighted by molar-refractivity contribution is 7.47. The van der Waals surface area contributed by atoms with Crippen molar-refractivity contribution in [3.05, 3.63) is 0 Å². The van der Waals surface area contributed by atoms with Crippen LogP contribution in [0.2, 0.25) is 0 Å². The van der Waals surface area contributed by atoms with Crippen LogP contribution in [-0.2, 0) is 13.6 Å². The lowest BCUT2D eigenvalue weighted by atomic mass is 9.76. The first-order chi connectivity index (χ1) is 10.3. The van der Waals surface area contributed by atoms with Gasteiger partial charge < -0.3 is 4.89 Å². The van der Waals surface area contributed by atoms with Gasteiger partial charge in [-0.15, -0.1) is 0 Å². The number of hydrogen-bond donors (Lipinski definition) is 1. The minimum atomic E-state index is -3.95. The average molecular weight is 348 g/mol. The van der Waals surface area contributed by atoms with Crippen molar-refractivity contribution in [3.8, 4) is 0 Å². The lowest BCUT2D eigenvalue weighted by molar-refractivity contribution is 0.0821.